The fourth-order valence-corrected chi connectivity index (χ4v) is 1.52. The van der Waals surface area contributed by atoms with E-state index in [0.717, 1.165) is 0 Å². The number of hydrogen-bond acceptors (Lipinski definition) is 6. The number of rotatable bonds is 4. The molecule has 2 N–H and O–H groups in total. The molecule has 2 rings (SSSR count). The molecule has 86 valence electrons. The van der Waals surface area contributed by atoms with Crippen LogP contribution in [0.4, 0.5) is 0 Å². The Labute approximate surface area is 91.6 Å². The molecule has 7 nitrogen and oxygen atoms in total. The van der Waals surface area contributed by atoms with Crippen LogP contribution in [0.15, 0.2) is 4.52 Å². The maximum absolute atomic E-state index is 11.2. The van der Waals surface area contributed by atoms with E-state index in [0.29, 0.717) is 24.7 Å². The number of carbonyl (C=O) groups is 2. The van der Waals surface area contributed by atoms with Gasteiger partial charge < -0.3 is 9.84 Å². The number of aromatic nitrogens is 2. The molecule has 1 aliphatic heterocycles. The Hall–Kier alpha value is -1.76. The summed E-state index contributed by atoms with van der Waals surface area (Å²) in [5.41, 5.74) is 0. The Morgan fingerprint density at radius 3 is 2.94 bits per heavy atom. The largest absolute Gasteiger partial charge is 0.340 e. The van der Waals surface area contributed by atoms with Gasteiger partial charge >= 0.3 is 0 Å². The molecule has 0 aliphatic carbocycles. The van der Waals surface area contributed by atoms with Gasteiger partial charge in [0.1, 0.15) is 0 Å². The predicted octanol–water partition coefficient (Wildman–Crippen LogP) is -1.07. The monoisotopic (exact) mass is 224 g/mol. The van der Waals surface area contributed by atoms with Gasteiger partial charge in [-0.05, 0) is 0 Å². The lowest BCUT2D eigenvalue weighted by atomic mass is 10.2. The fourth-order valence-electron chi connectivity index (χ4n) is 1.52. The highest BCUT2D eigenvalue weighted by Crippen LogP contribution is 2.01. The van der Waals surface area contributed by atoms with Crippen LogP contribution in [0.2, 0.25) is 0 Å². The molecule has 0 aromatic carbocycles. The maximum Gasteiger partial charge on any atom is 0.244 e. The van der Waals surface area contributed by atoms with Crippen molar-refractivity contribution in [3.8, 4) is 0 Å². The lowest BCUT2D eigenvalue weighted by Gasteiger charge is -2.06. The standard InChI is InChI=1S/C9H12N4O3/c1-5-11-7(13-16-5)2-3-10-6-4-8(14)12-9(6)15/h6,10H,2-4H2,1H3,(H,12,14,15). The van der Waals surface area contributed by atoms with Crippen molar-refractivity contribution in [1.82, 2.24) is 20.8 Å². The highest BCUT2D eigenvalue weighted by Gasteiger charge is 2.29. The second-order valence-corrected chi connectivity index (χ2v) is 3.60. The number of nitrogens with zero attached hydrogens (tertiary/aromatic N) is 2. The molecule has 0 bridgehead atoms. The van der Waals surface area contributed by atoms with E-state index in [1.807, 2.05) is 0 Å². The third-order valence-electron chi connectivity index (χ3n) is 2.28. The lowest BCUT2D eigenvalue weighted by molar-refractivity contribution is -0.125. The van der Waals surface area contributed by atoms with Crippen LogP contribution in [0, 0.1) is 6.92 Å². The molecule has 0 spiro atoms. The maximum atomic E-state index is 11.2. The van der Waals surface area contributed by atoms with Crippen LogP contribution in [0.5, 0.6) is 0 Å². The van der Waals surface area contributed by atoms with Crippen LogP contribution in [0.25, 0.3) is 0 Å². The van der Waals surface area contributed by atoms with E-state index in [4.69, 9.17) is 4.52 Å². The summed E-state index contributed by atoms with van der Waals surface area (Å²) in [6.07, 6.45) is 0.763. The van der Waals surface area contributed by atoms with Crippen molar-refractivity contribution >= 4 is 11.8 Å². The van der Waals surface area contributed by atoms with E-state index >= 15 is 0 Å². The van der Waals surface area contributed by atoms with Crippen LogP contribution in [0.1, 0.15) is 18.1 Å². The molecule has 2 heterocycles. The normalized spacial score (nSPS) is 20.2. The summed E-state index contributed by atoms with van der Waals surface area (Å²) < 4.78 is 4.80. The van der Waals surface area contributed by atoms with Crippen LogP contribution < -0.4 is 10.6 Å². The van der Waals surface area contributed by atoms with Gasteiger partial charge in [-0.3, -0.25) is 14.9 Å². The summed E-state index contributed by atoms with van der Waals surface area (Å²) in [6.45, 7) is 2.25. The number of amides is 2. The van der Waals surface area contributed by atoms with Crippen molar-refractivity contribution in [2.45, 2.75) is 25.8 Å². The third-order valence-corrected chi connectivity index (χ3v) is 2.28. The number of imide groups is 1. The Morgan fingerprint density at radius 2 is 2.38 bits per heavy atom. The predicted molar refractivity (Wildman–Crippen MR) is 52.3 cm³/mol. The summed E-state index contributed by atoms with van der Waals surface area (Å²) >= 11 is 0. The summed E-state index contributed by atoms with van der Waals surface area (Å²) in [4.78, 5) is 26.1. The first-order valence-corrected chi connectivity index (χ1v) is 5.01. The van der Waals surface area contributed by atoms with E-state index in [2.05, 4.69) is 20.8 Å². The Bertz CT molecular complexity index is 415. The fraction of sp³-hybridized carbons (Fsp3) is 0.556. The SMILES string of the molecule is Cc1nc(CCNC2CC(=O)NC2=O)no1. The van der Waals surface area contributed by atoms with Gasteiger partial charge in [-0.15, -0.1) is 0 Å². The van der Waals surface area contributed by atoms with Crippen molar-refractivity contribution in [1.29, 1.82) is 0 Å². The molecule has 1 aliphatic rings. The van der Waals surface area contributed by atoms with Crippen LogP contribution in [-0.2, 0) is 16.0 Å². The zero-order chi connectivity index (χ0) is 11.5. The number of carbonyl (C=O) groups excluding carboxylic acids is 2. The van der Waals surface area contributed by atoms with Gasteiger partial charge in [-0.2, -0.15) is 4.98 Å². The zero-order valence-electron chi connectivity index (χ0n) is 8.82. The first kappa shape index (κ1) is 10.7. The number of hydrogen-bond donors (Lipinski definition) is 2. The Morgan fingerprint density at radius 1 is 1.56 bits per heavy atom. The van der Waals surface area contributed by atoms with Crippen molar-refractivity contribution in [3.05, 3.63) is 11.7 Å². The Kier molecular flexibility index (Phi) is 2.95. The molecule has 2 amide bonds. The molecule has 1 fully saturated rings. The van der Waals surface area contributed by atoms with Gasteiger partial charge in [-0.1, -0.05) is 5.16 Å². The van der Waals surface area contributed by atoms with E-state index in [1.165, 1.54) is 0 Å². The molecule has 7 heteroatoms. The van der Waals surface area contributed by atoms with Crippen LogP contribution >= 0.6 is 0 Å². The second-order valence-electron chi connectivity index (χ2n) is 3.60. The molecule has 1 saturated heterocycles. The average molecular weight is 224 g/mol. The highest BCUT2D eigenvalue weighted by atomic mass is 16.5. The first-order valence-electron chi connectivity index (χ1n) is 5.01. The molecular formula is C9H12N4O3. The summed E-state index contributed by atoms with van der Waals surface area (Å²) in [5, 5.41) is 8.91. The van der Waals surface area contributed by atoms with Gasteiger partial charge in [0.2, 0.25) is 17.7 Å². The minimum Gasteiger partial charge on any atom is -0.340 e. The van der Waals surface area contributed by atoms with E-state index in [9.17, 15) is 9.59 Å². The number of nitrogens with one attached hydrogen (secondary N) is 2. The van der Waals surface area contributed by atoms with Crippen molar-refractivity contribution in [2.75, 3.05) is 6.54 Å². The van der Waals surface area contributed by atoms with Crippen LogP contribution in [-0.4, -0.2) is 34.5 Å². The average Bonchev–Trinajstić information content (AvgIpc) is 2.74. The van der Waals surface area contributed by atoms with Gasteiger partial charge in [0.15, 0.2) is 5.82 Å². The first-order chi connectivity index (χ1) is 7.65. The quantitative estimate of drug-likeness (QED) is 0.632. The van der Waals surface area contributed by atoms with Crippen LogP contribution in [0.3, 0.4) is 0 Å². The molecule has 1 aromatic heterocycles. The van der Waals surface area contributed by atoms with Crippen molar-refractivity contribution in [2.24, 2.45) is 0 Å². The van der Waals surface area contributed by atoms with E-state index < -0.39 is 6.04 Å². The molecule has 1 aromatic rings. The molecule has 1 atom stereocenters. The van der Waals surface area contributed by atoms with Gasteiger partial charge in [0.25, 0.3) is 0 Å². The topological polar surface area (TPSA) is 97.1 Å². The zero-order valence-corrected chi connectivity index (χ0v) is 8.82. The molecule has 1 unspecified atom stereocenters. The summed E-state index contributed by atoms with van der Waals surface area (Å²) in [5.74, 6) is 0.603. The molecule has 0 radical (unpaired) electrons. The smallest absolute Gasteiger partial charge is 0.244 e. The molecule has 16 heavy (non-hydrogen) atoms. The molecular weight excluding hydrogens is 212 g/mol. The minimum absolute atomic E-state index is 0.199. The molecule has 0 saturated carbocycles. The van der Waals surface area contributed by atoms with E-state index in [1.54, 1.807) is 6.92 Å². The van der Waals surface area contributed by atoms with Gasteiger partial charge in [-0.25, -0.2) is 0 Å². The number of aryl methyl sites for hydroxylation is 1. The van der Waals surface area contributed by atoms with Gasteiger partial charge in [0, 0.05) is 19.9 Å². The Balaban J connectivity index is 1.76. The van der Waals surface area contributed by atoms with Crippen molar-refractivity contribution < 1.29 is 14.1 Å². The van der Waals surface area contributed by atoms with E-state index in [-0.39, 0.29) is 18.2 Å². The van der Waals surface area contributed by atoms with Crippen molar-refractivity contribution in [3.63, 3.8) is 0 Å². The minimum atomic E-state index is -0.430. The summed E-state index contributed by atoms with van der Waals surface area (Å²) in [6, 6.07) is -0.430. The van der Waals surface area contributed by atoms with Gasteiger partial charge in [0.05, 0.1) is 12.5 Å². The lowest BCUT2D eigenvalue weighted by Crippen LogP contribution is -2.37. The highest BCUT2D eigenvalue weighted by molar-refractivity contribution is 6.05. The second kappa shape index (κ2) is 4.40. The summed E-state index contributed by atoms with van der Waals surface area (Å²) in [7, 11) is 0. The third kappa shape index (κ3) is 2.43.